The van der Waals surface area contributed by atoms with E-state index in [1.165, 1.54) is 6.07 Å². The zero-order chi connectivity index (χ0) is 14.7. The molecule has 3 rings (SSSR count). The van der Waals surface area contributed by atoms with E-state index in [1.807, 2.05) is 30.3 Å². The Labute approximate surface area is 120 Å². The maximum atomic E-state index is 11.7. The summed E-state index contributed by atoms with van der Waals surface area (Å²) in [4.78, 5) is 11.7. The van der Waals surface area contributed by atoms with E-state index in [1.54, 1.807) is 18.2 Å². The molecule has 1 N–H and O–H groups in total. The summed E-state index contributed by atoms with van der Waals surface area (Å²) in [5.41, 5.74) is 1.44. The third kappa shape index (κ3) is 2.59. The fourth-order valence-electron chi connectivity index (χ4n) is 1.82. The Bertz CT molecular complexity index is 779. The molecule has 6 nitrogen and oxygen atoms in total. The van der Waals surface area contributed by atoms with Crippen molar-refractivity contribution in [2.75, 3.05) is 0 Å². The molecule has 2 aromatic carbocycles. The number of phenolic OH excluding ortho intramolecular Hbond substituents is 1. The second-order valence-electron chi connectivity index (χ2n) is 4.26. The van der Waals surface area contributed by atoms with E-state index in [9.17, 15) is 9.90 Å². The second kappa shape index (κ2) is 5.46. The van der Waals surface area contributed by atoms with Crippen molar-refractivity contribution in [1.82, 2.24) is 0 Å². The number of azo groups is 2. The van der Waals surface area contributed by atoms with E-state index in [2.05, 4.69) is 20.5 Å². The molecule has 0 unspecified atom stereocenters. The molecular weight excluding hydrogens is 268 g/mol. The van der Waals surface area contributed by atoms with Gasteiger partial charge in [-0.1, -0.05) is 42.5 Å². The Hall–Kier alpha value is -3.15. The van der Waals surface area contributed by atoms with Crippen molar-refractivity contribution in [3.05, 3.63) is 65.9 Å². The lowest BCUT2D eigenvalue weighted by Gasteiger charge is -1.98. The first-order valence-electron chi connectivity index (χ1n) is 6.21. The maximum Gasteiger partial charge on any atom is 0.318 e. The lowest BCUT2D eigenvalue weighted by Crippen LogP contribution is -1.92. The number of nitrogens with zero attached hydrogens (tertiary/aromatic N) is 4. The van der Waals surface area contributed by atoms with Crippen LogP contribution >= 0.6 is 0 Å². The number of hydrogen-bond donors (Lipinski definition) is 1. The second-order valence-corrected chi connectivity index (χ2v) is 4.26. The number of carbonyl (C=O) groups is 1. The predicted octanol–water partition coefficient (Wildman–Crippen LogP) is 3.84. The van der Waals surface area contributed by atoms with Crippen molar-refractivity contribution in [3.8, 4) is 5.75 Å². The molecule has 21 heavy (non-hydrogen) atoms. The van der Waals surface area contributed by atoms with Crippen molar-refractivity contribution in [1.29, 1.82) is 0 Å². The van der Waals surface area contributed by atoms with Crippen LogP contribution in [0.4, 0.5) is 5.69 Å². The Morgan fingerprint density at radius 2 is 1.57 bits per heavy atom. The molecule has 0 atom stereocenters. The Balaban J connectivity index is 2.00. The van der Waals surface area contributed by atoms with Gasteiger partial charge in [0.1, 0.15) is 17.1 Å². The van der Waals surface area contributed by atoms with Crippen molar-refractivity contribution in [2.45, 2.75) is 0 Å². The molecule has 0 saturated carbocycles. The molecule has 2 aromatic rings. The molecule has 1 amide bonds. The van der Waals surface area contributed by atoms with Crippen LogP contribution < -0.4 is 0 Å². The monoisotopic (exact) mass is 278 g/mol. The van der Waals surface area contributed by atoms with Gasteiger partial charge in [-0.3, -0.25) is 4.79 Å². The van der Waals surface area contributed by atoms with Crippen LogP contribution in [-0.4, -0.2) is 11.0 Å². The summed E-state index contributed by atoms with van der Waals surface area (Å²) < 4.78 is 0. The third-order valence-electron chi connectivity index (χ3n) is 2.85. The first kappa shape index (κ1) is 12.9. The molecule has 0 fully saturated rings. The third-order valence-corrected chi connectivity index (χ3v) is 2.85. The van der Waals surface area contributed by atoms with Gasteiger partial charge in [0.2, 0.25) is 0 Å². The molecule has 0 aliphatic carbocycles. The van der Waals surface area contributed by atoms with Crippen molar-refractivity contribution >= 4 is 17.3 Å². The number of benzene rings is 2. The van der Waals surface area contributed by atoms with Gasteiger partial charge < -0.3 is 5.11 Å². The zero-order valence-electron chi connectivity index (χ0n) is 10.8. The summed E-state index contributed by atoms with van der Waals surface area (Å²) in [5.74, 6) is -0.560. The highest BCUT2D eigenvalue weighted by molar-refractivity contribution is 6.03. The molecule has 0 saturated heterocycles. The minimum absolute atomic E-state index is 0.0116. The van der Waals surface area contributed by atoms with Crippen LogP contribution in [0.15, 0.2) is 80.8 Å². The average Bonchev–Trinajstić information content (AvgIpc) is 2.88. The van der Waals surface area contributed by atoms with Crippen LogP contribution in [0.25, 0.3) is 5.70 Å². The largest absolute Gasteiger partial charge is 0.506 e. The molecule has 102 valence electrons. The number of amides is 1. The molecule has 0 aromatic heterocycles. The predicted molar refractivity (Wildman–Crippen MR) is 75.8 cm³/mol. The highest BCUT2D eigenvalue weighted by Gasteiger charge is 2.22. The van der Waals surface area contributed by atoms with E-state index in [0.717, 1.165) is 5.56 Å². The first-order valence-corrected chi connectivity index (χ1v) is 6.21. The van der Waals surface area contributed by atoms with Crippen LogP contribution in [0.5, 0.6) is 5.75 Å². The minimum atomic E-state index is -0.548. The van der Waals surface area contributed by atoms with E-state index >= 15 is 0 Å². The van der Waals surface area contributed by atoms with E-state index in [4.69, 9.17) is 0 Å². The van der Waals surface area contributed by atoms with Crippen molar-refractivity contribution in [3.63, 3.8) is 0 Å². The summed E-state index contributed by atoms with van der Waals surface area (Å²) >= 11 is 0. The Morgan fingerprint density at radius 1 is 0.857 bits per heavy atom. The van der Waals surface area contributed by atoms with Gasteiger partial charge in [0.25, 0.3) is 0 Å². The first-order chi connectivity index (χ1) is 10.3. The minimum Gasteiger partial charge on any atom is -0.506 e. The van der Waals surface area contributed by atoms with Gasteiger partial charge in [-0.15, -0.1) is 20.5 Å². The van der Waals surface area contributed by atoms with Gasteiger partial charge in [0.05, 0.1) is 0 Å². The van der Waals surface area contributed by atoms with Crippen LogP contribution in [0.3, 0.4) is 0 Å². The normalized spacial score (nSPS) is 14.4. The number of carbonyl (C=O) groups excluding carboxylic acids is 1. The van der Waals surface area contributed by atoms with Crippen molar-refractivity contribution in [2.24, 2.45) is 20.5 Å². The number of aromatic hydroxyl groups is 1. The topological polar surface area (TPSA) is 86.7 Å². The molecule has 0 spiro atoms. The molecule has 1 aliphatic heterocycles. The molecule has 1 heterocycles. The summed E-state index contributed by atoms with van der Waals surface area (Å²) in [5, 5.41) is 24.8. The lowest BCUT2D eigenvalue weighted by molar-refractivity contribution is -0.114. The summed E-state index contributed by atoms with van der Waals surface area (Å²) in [6.07, 6.45) is 0. The molecule has 6 heteroatoms. The molecular formula is C15H10N4O2. The highest BCUT2D eigenvalue weighted by atomic mass is 16.3. The number of hydrogen-bond acceptors (Lipinski definition) is 5. The zero-order valence-corrected chi connectivity index (χ0v) is 10.8. The molecule has 0 bridgehead atoms. The van der Waals surface area contributed by atoms with Crippen LogP contribution in [0, 0.1) is 0 Å². The Morgan fingerprint density at radius 3 is 2.33 bits per heavy atom. The summed E-state index contributed by atoms with van der Waals surface area (Å²) in [6.45, 7) is 0. The molecule has 1 aliphatic rings. The van der Waals surface area contributed by atoms with Gasteiger partial charge in [-0.2, -0.15) is 0 Å². The quantitative estimate of drug-likeness (QED) is 0.864. The smallest absolute Gasteiger partial charge is 0.318 e. The highest BCUT2D eigenvalue weighted by Crippen LogP contribution is 2.30. The van der Waals surface area contributed by atoms with E-state index in [0.29, 0.717) is 5.70 Å². The Kier molecular flexibility index (Phi) is 3.34. The SMILES string of the molecule is O=C1N=NC(c2ccccc2)=C1N=Nc1ccccc1O. The maximum absolute atomic E-state index is 11.7. The van der Waals surface area contributed by atoms with Gasteiger partial charge in [0.15, 0.2) is 5.70 Å². The lowest BCUT2D eigenvalue weighted by atomic mass is 10.1. The summed E-state index contributed by atoms with van der Waals surface area (Å²) in [6, 6.07) is 15.6. The number of phenols is 1. The van der Waals surface area contributed by atoms with E-state index < -0.39 is 5.91 Å². The summed E-state index contributed by atoms with van der Waals surface area (Å²) in [7, 11) is 0. The number of rotatable bonds is 3. The van der Waals surface area contributed by atoms with Crippen LogP contribution in [0.1, 0.15) is 5.56 Å². The fourth-order valence-corrected chi connectivity index (χ4v) is 1.82. The van der Waals surface area contributed by atoms with E-state index in [-0.39, 0.29) is 17.1 Å². The average molecular weight is 278 g/mol. The van der Waals surface area contributed by atoms with Gasteiger partial charge in [-0.05, 0) is 12.1 Å². The standard InChI is InChI=1S/C15H10N4O2/c20-12-9-5-4-8-11(12)16-18-14-13(17-19-15(14)21)10-6-2-1-3-7-10/h1-9,20H. The van der Waals surface area contributed by atoms with Gasteiger partial charge >= 0.3 is 5.91 Å². The number of para-hydroxylation sites is 1. The van der Waals surface area contributed by atoms with Gasteiger partial charge in [-0.25, -0.2) is 0 Å². The fraction of sp³-hybridized carbons (Fsp3) is 0. The molecule has 0 radical (unpaired) electrons. The van der Waals surface area contributed by atoms with Crippen LogP contribution in [0.2, 0.25) is 0 Å². The van der Waals surface area contributed by atoms with Crippen molar-refractivity contribution < 1.29 is 9.90 Å². The van der Waals surface area contributed by atoms with Gasteiger partial charge in [0, 0.05) is 5.56 Å². The van der Waals surface area contributed by atoms with Crippen LogP contribution in [-0.2, 0) is 4.79 Å².